The average molecular weight is 301 g/mol. The van der Waals surface area contributed by atoms with E-state index in [1.165, 1.54) is 0 Å². The van der Waals surface area contributed by atoms with Gasteiger partial charge in [-0.2, -0.15) is 4.99 Å². The number of aliphatic imine (C=N–C) groups is 1. The molecule has 0 aliphatic rings. The van der Waals surface area contributed by atoms with Crippen molar-refractivity contribution in [3.05, 3.63) is 65.2 Å². The molecule has 1 nitrogen and oxygen atoms in total. The lowest BCUT2D eigenvalue weighted by molar-refractivity contribution is 0.983. The van der Waals surface area contributed by atoms with E-state index < -0.39 is 0 Å². The molecular formula is C20H15NS. The van der Waals surface area contributed by atoms with Crippen molar-refractivity contribution in [3.63, 3.8) is 0 Å². The van der Waals surface area contributed by atoms with Crippen LogP contribution < -0.4 is 0 Å². The van der Waals surface area contributed by atoms with Gasteiger partial charge in [0.15, 0.2) is 0 Å². The van der Waals surface area contributed by atoms with E-state index in [9.17, 15) is 0 Å². The first-order chi connectivity index (χ1) is 10.8. The molecule has 0 saturated heterocycles. The highest BCUT2D eigenvalue weighted by molar-refractivity contribution is 7.78. The monoisotopic (exact) mass is 301 g/mol. The van der Waals surface area contributed by atoms with Crippen LogP contribution in [0, 0.1) is 23.7 Å². The van der Waals surface area contributed by atoms with Crippen LogP contribution in [0.1, 0.15) is 36.5 Å². The molecule has 0 aliphatic heterocycles. The van der Waals surface area contributed by atoms with Gasteiger partial charge in [0.05, 0.1) is 10.8 Å². The van der Waals surface area contributed by atoms with Crippen LogP contribution in [0.15, 0.2) is 53.5 Å². The highest BCUT2D eigenvalue weighted by Crippen LogP contribution is 2.11. The quantitative estimate of drug-likeness (QED) is 0.433. The minimum Gasteiger partial charge on any atom is -0.195 e. The first-order valence-electron chi connectivity index (χ1n) is 7.10. The molecule has 2 aromatic rings. The summed E-state index contributed by atoms with van der Waals surface area (Å²) in [7, 11) is 0. The molecule has 2 rings (SSSR count). The van der Waals surface area contributed by atoms with Gasteiger partial charge >= 0.3 is 0 Å². The normalized spacial score (nSPS) is 8.77. The van der Waals surface area contributed by atoms with Crippen molar-refractivity contribution in [3.8, 4) is 23.7 Å². The molecule has 0 N–H and O–H groups in total. The smallest absolute Gasteiger partial charge is 0.0740 e. The maximum atomic E-state index is 4.57. The molecular weight excluding hydrogens is 286 g/mol. The SMILES string of the molecule is CCCC#Cc1ccc(C#Cc2ccc(N=C=S)cc2)cc1. The lowest BCUT2D eigenvalue weighted by Crippen LogP contribution is -1.78. The van der Waals surface area contributed by atoms with Gasteiger partial charge in [-0.1, -0.05) is 30.6 Å². The van der Waals surface area contributed by atoms with E-state index in [1.54, 1.807) is 0 Å². The molecule has 0 aliphatic carbocycles. The second-order valence-corrected chi connectivity index (χ2v) is 4.81. The molecule has 0 aromatic heterocycles. The minimum absolute atomic E-state index is 0.788. The predicted octanol–water partition coefficient (Wildman–Crippen LogP) is 4.97. The fraction of sp³-hybridized carbons (Fsp3) is 0.150. The van der Waals surface area contributed by atoms with Crippen LogP contribution >= 0.6 is 12.2 Å². The summed E-state index contributed by atoms with van der Waals surface area (Å²) in [6.07, 6.45) is 2.02. The Morgan fingerprint density at radius 3 is 1.82 bits per heavy atom. The number of benzene rings is 2. The maximum absolute atomic E-state index is 4.57. The molecule has 22 heavy (non-hydrogen) atoms. The standard InChI is InChI=1S/C20H15NS/c1-2-3-4-5-17-6-8-18(9-7-17)10-11-19-12-14-20(15-13-19)21-16-22/h6-9,12-15H,2-3H2,1H3. The number of unbranched alkanes of at least 4 members (excludes halogenated alkanes) is 1. The van der Waals surface area contributed by atoms with Gasteiger partial charge in [0.25, 0.3) is 0 Å². The molecule has 2 aromatic carbocycles. The van der Waals surface area contributed by atoms with Gasteiger partial charge in [-0.05, 0) is 67.2 Å². The second-order valence-electron chi connectivity index (χ2n) is 4.63. The maximum Gasteiger partial charge on any atom is 0.0740 e. The van der Waals surface area contributed by atoms with Gasteiger partial charge < -0.3 is 0 Å². The third-order valence-corrected chi connectivity index (χ3v) is 2.98. The van der Waals surface area contributed by atoms with Gasteiger partial charge in [-0.3, -0.25) is 0 Å². The Morgan fingerprint density at radius 2 is 1.32 bits per heavy atom. The van der Waals surface area contributed by atoms with Gasteiger partial charge in [-0.15, -0.1) is 0 Å². The molecule has 0 bridgehead atoms. The number of thiocarbonyl (C=S) groups is 1. The zero-order valence-electron chi connectivity index (χ0n) is 12.4. The van der Waals surface area contributed by atoms with Crippen LogP contribution in [0.5, 0.6) is 0 Å². The number of isothiocyanates is 1. The van der Waals surface area contributed by atoms with E-state index in [2.05, 4.69) is 53.0 Å². The Morgan fingerprint density at radius 1 is 0.818 bits per heavy atom. The van der Waals surface area contributed by atoms with Crippen LogP contribution in [-0.2, 0) is 0 Å². The molecule has 0 fully saturated rings. The number of hydrogen-bond acceptors (Lipinski definition) is 2. The summed E-state index contributed by atoms with van der Waals surface area (Å²) in [4.78, 5) is 3.91. The van der Waals surface area contributed by atoms with Crippen molar-refractivity contribution < 1.29 is 0 Å². The first kappa shape index (κ1) is 15.7. The molecule has 0 spiro atoms. The third-order valence-electron chi connectivity index (χ3n) is 2.89. The molecule has 0 unspecified atom stereocenters. The summed E-state index contributed by atoms with van der Waals surface area (Å²) in [6.45, 7) is 2.13. The summed E-state index contributed by atoms with van der Waals surface area (Å²) in [6, 6.07) is 15.6. The van der Waals surface area contributed by atoms with Gasteiger partial charge in [0.2, 0.25) is 0 Å². The summed E-state index contributed by atoms with van der Waals surface area (Å²) >= 11 is 4.57. The van der Waals surface area contributed by atoms with Gasteiger partial charge in [0.1, 0.15) is 0 Å². The first-order valence-corrected chi connectivity index (χ1v) is 7.51. The molecule has 0 atom stereocenters. The second kappa shape index (κ2) is 8.60. The topological polar surface area (TPSA) is 12.4 Å². The molecule has 0 radical (unpaired) electrons. The fourth-order valence-electron chi connectivity index (χ4n) is 1.74. The number of nitrogens with zero attached hydrogens (tertiary/aromatic N) is 1. The summed E-state index contributed by atoms with van der Waals surface area (Å²) in [5, 5.41) is 2.35. The minimum atomic E-state index is 0.788. The highest BCUT2D eigenvalue weighted by Gasteiger charge is 1.91. The van der Waals surface area contributed by atoms with Crippen molar-refractivity contribution in [2.45, 2.75) is 19.8 Å². The molecule has 0 heterocycles. The fourth-order valence-corrected chi connectivity index (χ4v) is 1.85. The van der Waals surface area contributed by atoms with Crippen LogP contribution in [0.25, 0.3) is 0 Å². The lowest BCUT2D eigenvalue weighted by Gasteiger charge is -1.93. The average Bonchev–Trinajstić information content (AvgIpc) is 2.56. The van der Waals surface area contributed by atoms with Gasteiger partial charge in [0, 0.05) is 23.1 Å². The van der Waals surface area contributed by atoms with Crippen molar-refractivity contribution in [2.24, 2.45) is 4.99 Å². The lowest BCUT2D eigenvalue weighted by atomic mass is 10.1. The largest absolute Gasteiger partial charge is 0.195 e. The van der Waals surface area contributed by atoms with Crippen LogP contribution in [-0.4, -0.2) is 5.16 Å². The Hall–Kier alpha value is -2.64. The van der Waals surface area contributed by atoms with Crippen LogP contribution in [0.3, 0.4) is 0 Å². The van der Waals surface area contributed by atoms with E-state index in [1.807, 2.05) is 48.5 Å². The van der Waals surface area contributed by atoms with Crippen LogP contribution in [0.2, 0.25) is 0 Å². The van der Waals surface area contributed by atoms with Gasteiger partial charge in [-0.25, -0.2) is 0 Å². The number of rotatable bonds is 2. The van der Waals surface area contributed by atoms with Crippen molar-refractivity contribution in [1.82, 2.24) is 0 Å². The Kier molecular flexibility index (Phi) is 6.16. The zero-order valence-corrected chi connectivity index (χ0v) is 13.2. The summed E-state index contributed by atoms with van der Waals surface area (Å²) in [5.41, 5.74) is 3.73. The van der Waals surface area contributed by atoms with E-state index in [0.29, 0.717) is 0 Å². The number of hydrogen-bond donors (Lipinski definition) is 0. The van der Waals surface area contributed by atoms with Crippen LogP contribution in [0.4, 0.5) is 5.69 Å². The summed E-state index contributed by atoms with van der Waals surface area (Å²) in [5.74, 6) is 12.5. The molecule has 0 saturated carbocycles. The molecule has 106 valence electrons. The zero-order chi connectivity index (χ0) is 15.6. The van der Waals surface area contributed by atoms with E-state index >= 15 is 0 Å². The predicted molar refractivity (Wildman–Crippen MR) is 95.3 cm³/mol. The van der Waals surface area contributed by atoms with Crippen molar-refractivity contribution in [1.29, 1.82) is 0 Å². The molecule has 0 amide bonds. The highest BCUT2D eigenvalue weighted by atomic mass is 32.1. The summed E-state index contributed by atoms with van der Waals surface area (Å²) < 4.78 is 0. The molecule has 2 heteroatoms. The van der Waals surface area contributed by atoms with E-state index in [0.717, 1.165) is 35.2 Å². The Balaban J connectivity index is 2.08. The Labute approximate surface area is 137 Å². The van der Waals surface area contributed by atoms with E-state index in [4.69, 9.17) is 0 Å². The van der Waals surface area contributed by atoms with E-state index in [-0.39, 0.29) is 0 Å². The van der Waals surface area contributed by atoms with Crippen molar-refractivity contribution >= 4 is 23.1 Å². The Bertz CT molecular complexity index is 787. The third kappa shape index (κ3) is 5.04. The van der Waals surface area contributed by atoms with Crippen molar-refractivity contribution in [2.75, 3.05) is 0 Å².